The molecule has 0 unspecified atom stereocenters. The molecule has 0 saturated heterocycles. The molecule has 2 heterocycles. The Labute approximate surface area is 151 Å². The fourth-order valence-corrected chi connectivity index (χ4v) is 2.68. The van der Waals surface area contributed by atoms with Gasteiger partial charge in [0.1, 0.15) is 0 Å². The van der Waals surface area contributed by atoms with E-state index in [-0.39, 0.29) is 0 Å². The van der Waals surface area contributed by atoms with Crippen molar-refractivity contribution in [2.24, 2.45) is 0 Å². The van der Waals surface area contributed by atoms with Gasteiger partial charge in [0, 0.05) is 40.5 Å². The predicted molar refractivity (Wildman–Crippen MR) is 105 cm³/mol. The molecular formula is C21H17N5. The normalized spacial score (nSPS) is 10.6. The van der Waals surface area contributed by atoms with Crippen LogP contribution in [0, 0.1) is 0 Å². The van der Waals surface area contributed by atoms with Crippen LogP contribution in [0.4, 0.5) is 11.4 Å². The third-order valence-corrected chi connectivity index (χ3v) is 4.08. The fourth-order valence-electron chi connectivity index (χ4n) is 2.68. The lowest BCUT2D eigenvalue weighted by Gasteiger charge is -2.09. The Morgan fingerprint density at radius 2 is 1.00 bits per heavy atom. The van der Waals surface area contributed by atoms with E-state index in [0.29, 0.717) is 5.82 Å². The molecular weight excluding hydrogens is 322 g/mol. The van der Waals surface area contributed by atoms with Crippen molar-refractivity contribution in [3.8, 4) is 33.9 Å². The van der Waals surface area contributed by atoms with Crippen LogP contribution in [0.5, 0.6) is 0 Å². The molecule has 0 atom stereocenters. The van der Waals surface area contributed by atoms with Gasteiger partial charge in [-0.05, 0) is 42.5 Å². The SMILES string of the molecule is Nc1ccc(-c2cc(-c3ccc(N)cc3)nc(-c3ccncc3)n2)cc1. The van der Waals surface area contributed by atoms with Crippen molar-refractivity contribution in [2.75, 3.05) is 11.5 Å². The summed E-state index contributed by atoms with van der Waals surface area (Å²) in [6.45, 7) is 0. The highest BCUT2D eigenvalue weighted by Crippen LogP contribution is 2.28. The molecule has 2 aromatic carbocycles. The molecule has 5 nitrogen and oxygen atoms in total. The lowest BCUT2D eigenvalue weighted by Crippen LogP contribution is -1.96. The van der Waals surface area contributed by atoms with E-state index in [1.165, 1.54) is 0 Å². The van der Waals surface area contributed by atoms with Crippen LogP contribution in [-0.4, -0.2) is 15.0 Å². The minimum Gasteiger partial charge on any atom is -0.399 e. The maximum Gasteiger partial charge on any atom is 0.160 e. The van der Waals surface area contributed by atoms with E-state index in [2.05, 4.69) is 4.98 Å². The van der Waals surface area contributed by atoms with Gasteiger partial charge in [-0.25, -0.2) is 9.97 Å². The van der Waals surface area contributed by atoms with Crippen LogP contribution in [0.2, 0.25) is 0 Å². The molecule has 4 N–H and O–H groups in total. The second-order valence-electron chi connectivity index (χ2n) is 5.94. The van der Waals surface area contributed by atoms with E-state index in [0.717, 1.165) is 39.5 Å². The molecule has 0 bridgehead atoms. The van der Waals surface area contributed by atoms with E-state index >= 15 is 0 Å². The van der Waals surface area contributed by atoms with Crippen LogP contribution >= 0.6 is 0 Å². The second-order valence-corrected chi connectivity index (χ2v) is 5.94. The zero-order valence-electron chi connectivity index (χ0n) is 14.0. The topological polar surface area (TPSA) is 90.7 Å². The standard InChI is InChI=1S/C21H17N5/c22-17-5-1-14(2-6-17)19-13-20(15-3-7-18(23)8-4-15)26-21(25-19)16-9-11-24-12-10-16/h1-13H,22-23H2. The summed E-state index contributed by atoms with van der Waals surface area (Å²) < 4.78 is 0. The molecule has 0 amide bonds. The number of benzene rings is 2. The van der Waals surface area contributed by atoms with Crippen LogP contribution in [0.1, 0.15) is 0 Å². The highest BCUT2D eigenvalue weighted by Gasteiger charge is 2.10. The monoisotopic (exact) mass is 339 g/mol. The van der Waals surface area contributed by atoms with Crippen molar-refractivity contribution >= 4 is 11.4 Å². The Morgan fingerprint density at radius 1 is 0.538 bits per heavy atom. The Hall–Kier alpha value is -3.73. The van der Waals surface area contributed by atoms with E-state index in [9.17, 15) is 0 Å². The van der Waals surface area contributed by atoms with Crippen LogP contribution in [0.25, 0.3) is 33.9 Å². The van der Waals surface area contributed by atoms with Gasteiger partial charge in [-0.3, -0.25) is 4.98 Å². The summed E-state index contributed by atoms with van der Waals surface area (Å²) in [6.07, 6.45) is 3.47. The Balaban J connectivity index is 1.89. The summed E-state index contributed by atoms with van der Waals surface area (Å²) in [5.74, 6) is 0.647. The minimum atomic E-state index is 0.647. The Kier molecular flexibility index (Phi) is 4.03. The number of anilines is 2. The number of hydrogen-bond acceptors (Lipinski definition) is 5. The van der Waals surface area contributed by atoms with Gasteiger partial charge in [0.15, 0.2) is 5.82 Å². The number of rotatable bonds is 3. The summed E-state index contributed by atoms with van der Waals surface area (Å²) in [5, 5.41) is 0. The van der Waals surface area contributed by atoms with Crippen molar-refractivity contribution < 1.29 is 0 Å². The quantitative estimate of drug-likeness (QED) is 0.550. The highest BCUT2D eigenvalue weighted by molar-refractivity contribution is 5.72. The lowest BCUT2D eigenvalue weighted by atomic mass is 10.1. The first-order valence-corrected chi connectivity index (χ1v) is 8.20. The summed E-state index contributed by atoms with van der Waals surface area (Å²) >= 11 is 0. The fraction of sp³-hybridized carbons (Fsp3) is 0. The molecule has 0 saturated carbocycles. The third kappa shape index (κ3) is 3.23. The predicted octanol–water partition coefficient (Wildman–Crippen LogP) is 4.04. The zero-order valence-corrected chi connectivity index (χ0v) is 14.0. The average Bonchev–Trinajstić information content (AvgIpc) is 2.69. The number of nitrogens with two attached hydrogens (primary N) is 2. The largest absolute Gasteiger partial charge is 0.399 e. The summed E-state index contributed by atoms with van der Waals surface area (Å²) in [5.41, 5.74) is 17.6. The summed E-state index contributed by atoms with van der Waals surface area (Å²) in [4.78, 5) is 13.6. The second kappa shape index (κ2) is 6.64. The number of pyridine rings is 1. The number of nitrogen functional groups attached to an aromatic ring is 2. The van der Waals surface area contributed by atoms with Crippen molar-refractivity contribution in [1.29, 1.82) is 0 Å². The minimum absolute atomic E-state index is 0.647. The molecule has 5 heteroatoms. The molecule has 4 aromatic rings. The van der Waals surface area contributed by atoms with Gasteiger partial charge in [-0.1, -0.05) is 24.3 Å². The van der Waals surface area contributed by atoms with Crippen LogP contribution in [0.15, 0.2) is 79.1 Å². The molecule has 0 aliphatic heterocycles. The van der Waals surface area contributed by atoms with Gasteiger partial charge in [0.2, 0.25) is 0 Å². The van der Waals surface area contributed by atoms with Crippen molar-refractivity contribution in [3.63, 3.8) is 0 Å². The first kappa shape index (κ1) is 15.8. The van der Waals surface area contributed by atoms with Crippen molar-refractivity contribution in [1.82, 2.24) is 15.0 Å². The van der Waals surface area contributed by atoms with E-state index < -0.39 is 0 Å². The molecule has 2 aromatic heterocycles. The van der Waals surface area contributed by atoms with Crippen molar-refractivity contribution in [3.05, 3.63) is 79.1 Å². The van der Waals surface area contributed by atoms with Gasteiger partial charge >= 0.3 is 0 Å². The van der Waals surface area contributed by atoms with Gasteiger partial charge in [-0.15, -0.1) is 0 Å². The van der Waals surface area contributed by atoms with Gasteiger partial charge in [-0.2, -0.15) is 0 Å². The van der Waals surface area contributed by atoms with Gasteiger partial charge in [0.05, 0.1) is 11.4 Å². The Morgan fingerprint density at radius 3 is 1.46 bits per heavy atom. The smallest absolute Gasteiger partial charge is 0.160 e. The van der Waals surface area contributed by atoms with E-state index in [1.54, 1.807) is 12.4 Å². The first-order chi connectivity index (χ1) is 12.7. The lowest BCUT2D eigenvalue weighted by molar-refractivity contribution is 1.18. The first-order valence-electron chi connectivity index (χ1n) is 8.20. The van der Waals surface area contributed by atoms with Crippen molar-refractivity contribution in [2.45, 2.75) is 0 Å². The molecule has 0 aliphatic carbocycles. The van der Waals surface area contributed by atoms with Gasteiger partial charge < -0.3 is 11.5 Å². The molecule has 0 aliphatic rings. The van der Waals surface area contributed by atoms with Gasteiger partial charge in [0.25, 0.3) is 0 Å². The molecule has 26 heavy (non-hydrogen) atoms. The average molecular weight is 339 g/mol. The molecule has 0 fully saturated rings. The number of aromatic nitrogens is 3. The van der Waals surface area contributed by atoms with Crippen LogP contribution < -0.4 is 11.5 Å². The maximum atomic E-state index is 5.81. The highest BCUT2D eigenvalue weighted by atomic mass is 14.9. The molecule has 0 spiro atoms. The van der Waals surface area contributed by atoms with E-state index in [1.807, 2.05) is 66.7 Å². The van der Waals surface area contributed by atoms with E-state index in [4.69, 9.17) is 21.4 Å². The zero-order chi connectivity index (χ0) is 17.9. The molecule has 4 rings (SSSR count). The number of nitrogens with zero attached hydrogens (tertiary/aromatic N) is 3. The summed E-state index contributed by atoms with van der Waals surface area (Å²) in [6, 6.07) is 21.1. The maximum absolute atomic E-state index is 5.81. The number of hydrogen-bond donors (Lipinski definition) is 2. The molecule has 126 valence electrons. The molecule has 0 radical (unpaired) electrons. The van der Waals surface area contributed by atoms with Crippen LogP contribution in [0.3, 0.4) is 0 Å². The summed E-state index contributed by atoms with van der Waals surface area (Å²) in [7, 11) is 0. The van der Waals surface area contributed by atoms with Crippen LogP contribution in [-0.2, 0) is 0 Å². The Bertz CT molecular complexity index is 962. The third-order valence-electron chi connectivity index (χ3n) is 4.08.